The highest BCUT2D eigenvalue weighted by Crippen LogP contribution is 2.17. The fourth-order valence-corrected chi connectivity index (χ4v) is 2.84. The van der Waals surface area contributed by atoms with Crippen LogP contribution in [-0.4, -0.2) is 49.3 Å². The first-order valence-electron chi connectivity index (χ1n) is 7.68. The first-order valence-corrected chi connectivity index (χ1v) is 7.68. The molecule has 1 fully saturated rings. The van der Waals surface area contributed by atoms with E-state index in [1.54, 1.807) is 0 Å². The standard InChI is InChI=1S/C16H27N3O/c1-3-7-18-16-6-9-20-13-15(16)12-19(2)11-14-5-4-8-17-10-14/h4-5,8,10,15-16,18H,3,6-7,9,11-13H2,1-2H3. The summed E-state index contributed by atoms with van der Waals surface area (Å²) in [5, 5.41) is 3.67. The average molecular weight is 277 g/mol. The van der Waals surface area contributed by atoms with Gasteiger partial charge in [-0.25, -0.2) is 0 Å². The van der Waals surface area contributed by atoms with Crippen LogP contribution in [0.15, 0.2) is 24.5 Å². The van der Waals surface area contributed by atoms with Crippen molar-refractivity contribution in [2.45, 2.75) is 32.4 Å². The highest BCUT2D eigenvalue weighted by molar-refractivity contribution is 5.08. The number of ether oxygens (including phenoxy) is 1. The molecule has 1 aliphatic heterocycles. The van der Waals surface area contributed by atoms with E-state index in [1.807, 2.05) is 18.5 Å². The van der Waals surface area contributed by atoms with E-state index in [1.165, 1.54) is 12.0 Å². The first-order chi connectivity index (χ1) is 9.79. The van der Waals surface area contributed by atoms with Gasteiger partial charge < -0.3 is 15.0 Å². The molecule has 112 valence electrons. The zero-order valence-electron chi connectivity index (χ0n) is 12.7. The van der Waals surface area contributed by atoms with Gasteiger partial charge in [-0.1, -0.05) is 13.0 Å². The first kappa shape index (κ1) is 15.4. The van der Waals surface area contributed by atoms with Crippen LogP contribution in [0.1, 0.15) is 25.3 Å². The van der Waals surface area contributed by atoms with Crippen molar-refractivity contribution in [3.63, 3.8) is 0 Å². The maximum Gasteiger partial charge on any atom is 0.0521 e. The highest BCUT2D eigenvalue weighted by atomic mass is 16.5. The van der Waals surface area contributed by atoms with Crippen LogP contribution in [0, 0.1) is 5.92 Å². The topological polar surface area (TPSA) is 37.4 Å². The monoisotopic (exact) mass is 277 g/mol. The maximum atomic E-state index is 5.66. The molecular formula is C16H27N3O. The molecule has 4 heteroatoms. The van der Waals surface area contributed by atoms with Gasteiger partial charge in [-0.3, -0.25) is 4.98 Å². The van der Waals surface area contributed by atoms with Crippen LogP contribution in [0.5, 0.6) is 0 Å². The third-order valence-electron chi connectivity index (χ3n) is 3.85. The second-order valence-electron chi connectivity index (χ2n) is 5.74. The van der Waals surface area contributed by atoms with Crippen LogP contribution >= 0.6 is 0 Å². The van der Waals surface area contributed by atoms with Crippen LogP contribution in [0.3, 0.4) is 0 Å². The van der Waals surface area contributed by atoms with Crippen molar-refractivity contribution >= 4 is 0 Å². The van der Waals surface area contributed by atoms with Gasteiger partial charge in [0, 0.05) is 44.0 Å². The smallest absolute Gasteiger partial charge is 0.0521 e. The second-order valence-corrected chi connectivity index (χ2v) is 5.74. The van der Waals surface area contributed by atoms with Crippen LogP contribution in [0.2, 0.25) is 0 Å². The van der Waals surface area contributed by atoms with Gasteiger partial charge in [0.05, 0.1) is 6.61 Å². The normalized spacial score (nSPS) is 23.1. The molecule has 0 amide bonds. The Morgan fingerprint density at radius 1 is 1.50 bits per heavy atom. The largest absolute Gasteiger partial charge is 0.381 e. The lowest BCUT2D eigenvalue weighted by Crippen LogP contribution is -2.47. The Balaban J connectivity index is 1.83. The summed E-state index contributed by atoms with van der Waals surface area (Å²) >= 11 is 0. The van der Waals surface area contributed by atoms with Crippen LogP contribution in [0.25, 0.3) is 0 Å². The summed E-state index contributed by atoms with van der Waals surface area (Å²) < 4.78 is 5.66. The molecule has 1 aromatic rings. The molecule has 2 rings (SSSR count). The Morgan fingerprint density at radius 2 is 2.40 bits per heavy atom. The highest BCUT2D eigenvalue weighted by Gasteiger charge is 2.26. The molecule has 20 heavy (non-hydrogen) atoms. The van der Waals surface area contributed by atoms with Gasteiger partial charge in [0.15, 0.2) is 0 Å². The van der Waals surface area contributed by atoms with E-state index in [0.29, 0.717) is 12.0 Å². The Kier molecular flexibility index (Phi) is 6.43. The van der Waals surface area contributed by atoms with Gasteiger partial charge in [0.1, 0.15) is 0 Å². The molecule has 0 aromatic carbocycles. The van der Waals surface area contributed by atoms with Crippen LogP contribution in [-0.2, 0) is 11.3 Å². The summed E-state index contributed by atoms with van der Waals surface area (Å²) in [5.74, 6) is 0.581. The summed E-state index contributed by atoms with van der Waals surface area (Å²) in [6, 6.07) is 4.73. The van der Waals surface area contributed by atoms with Gasteiger partial charge in [0.2, 0.25) is 0 Å². The maximum absolute atomic E-state index is 5.66. The molecule has 1 aromatic heterocycles. The van der Waals surface area contributed by atoms with E-state index in [2.05, 4.69) is 35.2 Å². The number of nitrogens with one attached hydrogen (secondary N) is 1. The molecule has 0 aliphatic carbocycles. The van der Waals surface area contributed by atoms with Crippen molar-refractivity contribution in [3.8, 4) is 0 Å². The summed E-state index contributed by atoms with van der Waals surface area (Å²) in [7, 11) is 2.18. The SMILES string of the molecule is CCCNC1CCOCC1CN(C)Cc1cccnc1. The quantitative estimate of drug-likeness (QED) is 0.826. The fourth-order valence-electron chi connectivity index (χ4n) is 2.84. The summed E-state index contributed by atoms with van der Waals surface area (Å²) in [5.41, 5.74) is 1.27. The molecule has 2 heterocycles. The summed E-state index contributed by atoms with van der Waals surface area (Å²) in [6.45, 7) is 7.10. The van der Waals surface area contributed by atoms with E-state index < -0.39 is 0 Å². The number of rotatable bonds is 7. The predicted octanol–water partition coefficient (Wildman–Crippen LogP) is 1.92. The molecule has 1 aliphatic rings. The van der Waals surface area contributed by atoms with Gasteiger partial charge in [0.25, 0.3) is 0 Å². The molecule has 1 N–H and O–H groups in total. The third kappa shape index (κ3) is 4.85. The molecular weight excluding hydrogens is 250 g/mol. The van der Waals surface area contributed by atoms with E-state index in [4.69, 9.17) is 4.74 Å². The van der Waals surface area contributed by atoms with Crippen molar-refractivity contribution in [2.24, 2.45) is 5.92 Å². The minimum absolute atomic E-state index is 0.581. The summed E-state index contributed by atoms with van der Waals surface area (Å²) in [4.78, 5) is 6.55. The Hall–Kier alpha value is -0.970. The lowest BCUT2D eigenvalue weighted by atomic mass is 9.95. The molecule has 0 radical (unpaired) electrons. The van der Waals surface area contributed by atoms with E-state index in [-0.39, 0.29) is 0 Å². The molecule has 4 nitrogen and oxygen atoms in total. The molecule has 1 saturated heterocycles. The molecule has 2 atom stereocenters. The van der Waals surface area contributed by atoms with Gasteiger partial charge in [-0.15, -0.1) is 0 Å². The third-order valence-corrected chi connectivity index (χ3v) is 3.85. The number of pyridine rings is 1. The molecule has 2 unspecified atom stereocenters. The Bertz CT molecular complexity index is 371. The molecule has 0 saturated carbocycles. The van der Waals surface area contributed by atoms with Crippen LogP contribution in [0.4, 0.5) is 0 Å². The van der Waals surface area contributed by atoms with E-state index >= 15 is 0 Å². The van der Waals surface area contributed by atoms with Crippen LogP contribution < -0.4 is 5.32 Å². The van der Waals surface area contributed by atoms with E-state index in [0.717, 1.165) is 39.3 Å². The average Bonchev–Trinajstić information content (AvgIpc) is 2.47. The number of hydrogen-bond acceptors (Lipinski definition) is 4. The van der Waals surface area contributed by atoms with Gasteiger partial charge in [-0.05, 0) is 38.1 Å². The second kappa shape index (κ2) is 8.35. The van der Waals surface area contributed by atoms with Crippen molar-refractivity contribution in [1.29, 1.82) is 0 Å². The zero-order valence-corrected chi connectivity index (χ0v) is 12.7. The van der Waals surface area contributed by atoms with Gasteiger partial charge >= 0.3 is 0 Å². The number of hydrogen-bond donors (Lipinski definition) is 1. The van der Waals surface area contributed by atoms with Crippen molar-refractivity contribution in [3.05, 3.63) is 30.1 Å². The minimum Gasteiger partial charge on any atom is -0.381 e. The predicted molar refractivity (Wildman–Crippen MR) is 81.6 cm³/mol. The number of nitrogens with zero attached hydrogens (tertiary/aromatic N) is 2. The van der Waals surface area contributed by atoms with Crippen molar-refractivity contribution in [2.75, 3.05) is 33.4 Å². The Labute approximate surface area is 122 Å². The lowest BCUT2D eigenvalue weighted by Gasteiger charge is -2.35. The molecule has 0 bridgehead atoms. The number of aromatic nitrogens is 1. The van der Waals surface area contributed by atoms with Crippen molar-refractivity contribution in [1.82, 2.24) is 15.2 Å². The molecule has 0 spiro atoms. The van der Waals surface area contributed by atoms with E-state index in [9.17, 15) is 0 Å². The summed E-state index contributed by atoms with van der Waals surface area (Å²) in [6.07, 6.45) is 6.09. The Morgan fingerprint density at radius 3 is 3.15 bits per heavy atom. The fraction of sp³-hybridized carbons (Fsp3) is 0.688. The lowest BCUT2D eigenvalue weighted by molar-refractivity contribution is 0.0189. The van der Waals surface area contributed by atoms with Crippen molar-refractivity contribution < 1.29 is 4.74 Å². The zero-order chi connectivity index (χ0) is 14.2. The minimum atomic E-state index is 0.581. The van der Waals surface area contributed by atoms with Gasteiger partial charge in [-0.2, -0.15) is 0 Å².